The van der Waals surface area contributed by atoms with Gasteiger partial charge in [0, 0.05) is 25.2 Å². The van der Waals surface area contributed by atoms with Crippen LogP contribution in [-0.4, -0.2) is 53.1 Å². The Balaban J connectivity index is 1.81. The second-order valence-corrected chi connectivity index (χ2v) is 7.79. The van der Waals surface area contributed by atoms with E-state index in [0.29, 0.717) is 13.0 Å². The number of rotatable bonds is 3. The van der Waals surface area contributed by atoms with Crippen LogP contribution in [0.1, 0.15) is 27.2 Å². The van der Waals surface area contributed by atoms with Crippen LogP contribution in [0.15, 0.2) is 18.2 Å². The van der Waals surface area contributed by atoms with Gasteiger partial charge < -0.3 is 19.3 Å². The Morgan fingerprint density at radius 3 is 2.39 bits per heavy atom. The standard InChI is InChI=1S/C17H20F3N3O5/c1-16(2,3)28-15(24)22-9-11-6-12(22)8-21(11)13-5-4-10(23(25)26)7-14(13)27-17(18,19)20/h4-5,7,11-12H,6,8-9H2,1-3H3. The number of ether oxygens (including phenoxy) is 2. The molecular weight excluding hydrogens is 383 g/mol. The van der Waals surface area contributed by atoms with Crippen molar-refractivity contribution in [3.05, 3.63) is 28.3 Å². The predicted octanol–water partition coefficient (Wildman–Crippen LogP) is 3.69. The lowest BCUT2D eigenvalue weighted by molar-refractivity contribution is -0.385. The smallest absolute Gasteiger partial charge is 0.444 e. The minimum absolute atomic E-state index is 0.110. The van der Waals surface area contributed by atoms with Crippen molar-refractivity contribution >= 4 is 17.5 Å². The van der Waals surface area contributed by atoms with Crippen molar-refractivity contribution in [2.24, 2.45) is 0 Å². The second-order valence-electron chi connectivity index (χ2n) is 7.79. The van der Waals surface area contributed by atoms with Crippen molar-refractivity contribution in [1.82, 2.24) is 4.90 Å². The van der Waals surface area contributed by atoms with Crippen molar-refractivity contribution in [1.29, 1.82) is 0 Å². The Kier molecular flexibility index (Phi) is 4.80. The number of carbonyl (C=O) groups excluding carboxylic acids is 1. The molecule has 2 saturated heterocycles. The molecule has 2 fully saturated rings. The van der Waals surface area contributed by atoms with Crippen LogP contribution in [0, 0.1) is 10.1 Å². The van der Waals surface area contributed by atoms with Crippen LogP contribution >= 0.6 is 0 Å². The molecule has 1 amide bonds. The summed E-state index contributed by atoms with van der Waals surface area (Å²) in [5, 5.41) is 10.9. The summed E-state index contributed by atoms with van der Waals surface area (Å²) < 4.78 is 47.7. The minimum Gasteiger partial charge on any atom is -0.444 e. The van der Waals surface area contributed by atoms with Gasteiger partial charge in [0.25, 0.3) is 5.69 Å². The number of halogens is 3. The molecule has 0 radical (unpaired) electrons. The van der Waals surface area contributed by atoms with E-state index < -0.39 is 34.4 Å². The number of anilines is 1. The van der Waals surface area contributed by atoms with E-state index in [2.05, 4.69) is 4.74 Å². The van der Waals surface area contributed by atoms with E-state index in [1.807, 2.05) is 0 Å². The quantitative estimate of drug-likeness (QED) is 0.565. The summed E-state index contributed by atoms with van der Waals surface area (Å²) in [6.07, 6.45) is -4.87. The lowest BCUT2D eigenvalue weighted by Gasteiger charge is -2.36. The Morgan fingerprint density at radius 2 is 1.89 bits per heavy atom. The molecular formula is C17H20F3N3O5. The normalized spacial score (nSPS) is 21.8. The van der Waals surface area contributed by atoms with Crippen molar-refractivity contribution in [3.8, 4) is 5.75 Å². The number of benzene rings is 1. The van der Waals surface area contributed by atoms with Gasteiger partial charge >= 0.3 is 12.5 Å². The van der Waals surface area contributed by atoms with Crippen LogP contribution in [0.25, 0.3) is 0 Å². The third-order valence-electron chi connectivity index (χ3n) is 4.56. The van der Waals surface area contributed by atoms with Gasteiger partial charge in [-0.1, -0.05) is 0 Å². The lowest BCUT2D eigenvalue weighted by Crippen LogP contribution is -2.50. The molecule has 28 heavy (non-hydrogen) atoms. The predicted molar refractivity (Wildman–Crippen MR) is 92.3 cm³/mol. The maximum Gasteiger partial charge on any atom is 0.573 e. The van der Waals surface area contributed by atoms with Crippen molar-refractivity contribution < 1.29 is 32.4 Å². The highest BCUT2D eigenvalue weighted by molar-refractivity contribution is 5.71. The van der Waals surface area contributed by atoms with Crippen LogP contribution in [0.5, 0.6) is 5.75 Å². The number of carbonyl (C=O) groups is 1. The van der Waals surface area contributed by atoms with Crippen LogP contribution < -0.4 is 9.64 Å². The summed E-state index contributed by atoms with van der Waals surface area (Å²) in [5.41, 5.74) is -1.04. The molecule has 2 unspecified atom stereocenters. The van der Waals surface area contributed by atoms with Crippen LogP contribution in [0.2, 0.25) is 0 Å². The zero-order valence-corrected chi connectivity index (χ0v) is 15.5. The number of nitro groups is 1. The van der Waals surface area contributed by atoms with Gasteiger partial charge in [0.15, 0.2) is 5.75 Å². The van der Waals surface area contributed by atoms with Crippen LogP contribution in [0.3, 0.4) is 0 Å². The van der Waals surface area contributed by atoms with E-state index in [0.717, 1.165) is 12.1 Å². The highest BCUT2D eigenvalue weighted by Gasteiger charge is 2.47. The number of nitro benzene ring substituents is 1. The van der Waals surface area contributed by atoms with Gasteiger partial charge in [-0.2, -0.15) is 0 Å². The fraction of sp³-hybridized carbons (Fsp3) is 0.588. The Labute approximate surface area is 158 Å². The fourth-order valence-corrected chi connectivity index (χ4v) is 3.57. The molecule has 8 nitrogen and oxygen atoms in total. The number of amides is 1. The third kappa shape index (κ3) is 4.23. The van der Waals surface area contributed by atoms with Crippen LogP contribution in [-0.2, 0) is 4.74 Å². The number of fused-ring (bicyclic) bond motifs is 2. The molecule has 154 valence electrons. The molecule has 0 saturated carbocycles. The molecule has 2 atom stereocenters. The van der Waals surface area contributed by atoms with E-state index in [1.54, 1.807) is 30.6 Å². The number of piperazine rings is 1. The molecule has 2 bridgehead atoms. The van der Waals surface area contributed by atoms with E-state index in [1.165, 1.54) is 6.07 Å². The Hall–Kier alpha value is -2.72. The van der Waals surface area contributed by atoms with Crippen molar-refractivity contribution in [2.75, 3.05) is 18.0 Å². The molecule has 11 heteroatoms. The number of alkyl halides is 3. The van der Waals surface area contributed by atoms with Gasteiger partial charge in [0.2, 0.25) is 0 Å². The molecule has 3 rings (SSSR count). The topological polar surface area (TPSA) is 85.2 Å². The summed E-state index contributed by atoms with van der Waals surface area (Å²) >= 11 is 0. The molecule has 1 aromatic carbocycles. The molecule has 1 aromatic rings. The SMILES string of the molecule is CC(C)(C)OC(=O)N1CC2CC1CN2c1ccc([N+](=O)[O-])cc1OC(F)(F)F. The fourth-order valence-electron chi connectivity index (χ4n) is 3.57. The molecule has 0 aliphatic carbocycles. The average molecular weight is 403 g/mol. The zero-order valence-electron chi connectivity index (χ0n) is 15.5. The van der Waals surface area contributed by atoms with Gasteiger partial charge in [0.05, 0.1) is 22.7 Å². The summed E-state index contributed by atoms with van der Waals surface area (Å²) in [5.74, 6) is -0.627. The van der Waals surface area contributed by atoms with Crippen LogP contribution in [0.4, 0.5) is 29.3 Å². The third-order valence-corrected chi connectivity index (χ3v) is 4.56. The molecule has 0 spiro atoms. The first kappa shape index (κ1) is 20.0. The summed E-state index contributed by atoms with van der Waals surface area (Å²) in [6.45, 7) is 5.84. The first-order valence-corrected chi connectivity index (χ1v) is 8.64. The number of nitrogens with zero attached hydrogens (tertiary/aromatic N) is 3. The highest BCUT2D eigenvalue weighted by atomic mass is 19.4. The monoisotopic (exact) mass is 403 g/mol. The summed E-state index contributed by atoms with van der Waals surface area (Å²) in [7, 11) is 0. The molecule has 0 aromatic heterocycles. The van der Waals surface area contributed by atoms with Gasteiger partial charge in [-0.3, -0.25) is 10.1 Å². The average Bonchev–Trinajstić information content (AvgIpc) is 3.11. The largest absolute Gasteiger partial charge is 0.573 e. The van der Waals surface area contributed by atoms with Crippen molar-refractivity contribution in [2.45, 2.75) is 51.2 Å². The van der Waals surface area contributed by atoms with Gasteiger partial charge in [-0.15, -0.1) is 13.2 Å². The second kappa shape index (κ2) is 6.71. The number of non-ortho nitro benzene ring substituents is 1. The van der Waals surface area contributed by atoms with Gasteiger partial charge in [-0.25, -0.2) is 4.79 Å². The van der Waals surface area contributed by atoms with Gasteiger partial charge in [-0.05, 0) is 33.3 Å². The van der Waals surface area contributed by atoms with Gasteiger partial charge in [0.1, 0.15) is 5.60 Å². The zero-order chi connectivity index (χ0) is 20.9. The van der Waals surface area contributed by atoms with E-state index in [-0.39, 0.29) is 24.3 Å². The molecule has 2 aliphatic rings. The number of hydrogen-bond donors (Lipinski definition) is 0. The lowest BCUT2D eigenvalue weighted by atomic mass is 10.2. The van der Waals surface area contributed by atoms with E-state index in [9.17, 15) is 28.1 Å². The Bertz CT molecular complexity index is 793. The molecule has 0 N–H and O–H groups in total. The number of hydrogen-bond acceptors (Lipinski definition) is 6. The van der Waals surface area contributed by atoms with E-state index in [4.69, 9.17) is 4.74 Å². The van der Waals surface area contributed by atoms with E-state index >= 15 is 0 Å². The minimum atomic E-state index is -4.98. The maximum absolute atomic E-state index is 12.8. The first-order chi connectivity index (χ1) is 12.8. The molecule has 2 aliphatic heterocycles. The Morgan fingerprint density at radius 1 is 1.21 bits per heavy atom. The summed E-state index contributed by atoms with van der Waals surface area (Å²) in [4.78, 5) is 25.7. The highest BCUT2D eigenvalue weighted by Crippen LogP contribution is 2.42. The maximum atomic E-state index is 12.8. The van der Waals surface area contributed by atoms with Crippen molar-refractivity contribution in [3.63, 3.8) is 0 Å². The first-order valence-electron chi connectivity index (χ1n) is 8.64. The summed E-state index contributed by atoms with van der Waals surface area (Å²) in [6, 6.07) is 2.71. The molecule has 2 heterocycles. The number of likely N-dealkylation sites (tertiary alicyclic amines) is 1.